The summed E-state index contributed by atoms with van der Waals surface area (Å²) in [6, 6.07) is 1.37. The molecule has 1 aromatic heterocycles. The van der Waals surface area contributed by atoms with Crippen molar-refractivity contribution in [3.05, 3.63) is 32.5 Å². The quantitative estimate of drug-likeness (QED) is 0.457. The number of aryl methyl sites for hydroxylation is 1. The first-order valence-electron chi connectivity index (χ1n) is 5.49. The third-order valence-corrected chi connectivity index (χ3v) is 2.58. The Hall–Kier alpha value is -1.50. The van der Waals surface area contributed by atoms with Gasteiger partial charge in [0.05, 0.1) is 18.0 Å². The van der Waals surface area contributed by atoms with Crippen LogP contribution in [0.1, 0.15) is 25.5 Å². The summed E-state index contributed by atoms with van der Waals surface area (Å²) in [5, 5.41) is 10.8. The normalized spacial score (nSPS) is 10.1. The van der Waals surface area contributed by atoms with Gasteiger partial charge in [-0.1, -0.05) is 6.92 Å². The summed E-state index contributed by atoms with van der Waals surface area (Å²) < 4.78 is 5.42. The van der Waals surface area contributed by atoms with Crippen LogP contribution in [0.25, 0.3) is 0 Å². The van der Waals surface area contributed by atoms with Gasteiger partial charge < -0.3 is 4.74 Å². The number of nitro groups is 1. The second kappa shape index (κ2) is 7.05. The molecule has 98 valence electrons. The van der Waals surface area contributed by atoms with Gasteiger partial charge in [0.25, 0.3) is 5.69 Å². The van der Waals surface area contributed by atoms with E-state index in [9.17, 15) is 14.9 Å². The highest BCUT2D eigenvalue weighted by Crippen LogP contribution is 2.22. The van der Waals surface area contributed by atoms with Crippen molar-refractivity contribution in [3.63, 3.8) is 0 Å². The van der Waals surface area contributed by atoms with Crippen molar-refractivity contribution in [1.82, 2.24) is 4.98 Å². The van der Waals surface area contributed by atoms with Gasteiger partial charge in [0.2, 0.25) is 0 Å². The molecule has 0 amide bonds. The predicted molar refractivity (Wildman–Crippen MR) is 68.2 cm³/mol. The van der Waals surface area contributed by atoms with Gasteiger partial charge in [-0.25, -0.2) is 0 Å². The molecule has 0 radical (unpaired) electrons. The van der Waals surface area contributed by atoms with Crippen molar-refractivity contribution in [3.8, 4) is 0 Å². The fourth-order valence-corrected chi connectivity index (χ4v) is 1.64. The molecule has 0 aliphatic rings. The van der Waals surface area contributed by atoms with E-state index in [1.807, 2.05) is 6.92 Å². The lowest BCUT2D eigenvalue weighted by Crippen LogP contribution is -2.08. The van der Waals surface area contributed by atoms with Crippen molar-refractivity contribution in [1.29, 1.82) is 0 Å². The molecule has 6 nitrogen and oxygen atoms in total. The van der Waals surface area contributed by atoms with E-state index in [4.69, 9.17) is 4.74 Å². The molecule has 0 saturated carbocycles. The molecule has 1 rings (SSSR count). The van der Waals surface area contributed by atoms with Crippen LogP contribution in [0.4, 0.5) is 5.69 Å². The number of carbonyl (C=O) groups is 1. The van der Waals surface area contributed by atoms with E-state index in [2.05, 4.69) is 20.9 Å². The summed E-state index contributed by atoms with van der Waals surface area (Å²) in [7, 11) is 0. The summed E-state index contributed by atoms with van der Waals surface area (Å²) in [5.41, 5.74) is 0.198. The van der Waals surface area contributed by atoms with Gasteiger partial charge in [0, 0.05) is 23.2 Å². The number of nitrogens with zero attached hydrogens (tertiary/aromatic N) is 2. The lowest BCUT2D eigenvalue weighted by molar-refractivity contribution is -0.386. The van der Waals surface area contributed by atoms with E-state index in [1.54, 1.807) is 0 Å². The Kier molecular flexibility index (Phi) is 5.70. The minimum Gasteiger partial charge on any atom is -0.466 e. The fraction of sp³-hybridized carbons (Fsp3) is 0.455. The number of rotatable bonds is 6. The molecular formula is C11H13BrN2O4. The van der Waals surface area contributed by atoms with Crippen LogP contribution in [-0.2, 0) is 16.0 Å². The van der Waals surface area contributed by atoms with Crippen LogP contribution in [0.5, 0.6) is 0 Å². The van der Waals surface area contributed by atoms with Crippen LogP contribution in [0.15, 0.2) is 16.7 Å². The van der Waals surface area contributed by atoms with Crippen molar-refractivity contribution in [2.45, 2.75) is 26.2 Å². The Morgan fingerprint density at radius 1 is 1.61 bits per heavy atom. The maximum absolute atomic E-state index is 11.3. The average Bonchev–Trinajstić information content (AvgIpc) is 2.34. The first kappa shape index (κ1) is 14.6. The lowest BCUT2D eigenvalue weighted by atomic mass is 10.2. The largest absolute Gasteiger partial charge is 0.466 e. The Balaban J connectivity index is 2.67. The van der Waals surface area contributed by atoms with Crippen LogP contribution in [0, 0.1) is 10.1 Å². The van der Waals surface area contributed by atoms with E-state index in [0.29, 0.717) is 11.1 Å². The van der Waals surface area contributed by atoms with Gasteiger partial charge in [-0.3, -0.25) is 19.9 Å². The Bertz CT molecular complexity index is 451. The van der Waals surface area contributed by atoms with E-state index in [-0.39, 0.29) is 30.2 Å². The Morgan fingerprint density at radius 3 is 2.94 bits per heavy atom. The summed E-state index contributed by atoms with van der Waals surface area (Å²) in [6.45, 7) is 2.27. The monoisotopic (exact) mass is 316 g/mol. The summed E-state index contributed by atoms with van der Waals surface area (Å²) in [4.78, 5) is 25.6. The number of esters is 1. The Morgan fingerprint density at radius 2 is 2.33 bits per heavy atom. The zero-order chi connectivity index (χ0) is 13.5. The molecule has 0 bridgehead atoms. The highest BCUT2D eigenvalue weighted by atomic mass is 79.9. The Labute approximate surface area is 113 Å². The molecule has 0 fully saturated rings. The zero-order valence-electron chi connectivity index (χ0n) is 9.89. The molecule has 0 N–H and O–H groups in total. The first-order valence-corrected chi connectivity index (χ1v) is 6.28. The van der Waals surface area contributed by atoms with E-state index in [0.717, 1.165) is 6.42 Å². The summed E-state index contributed by atoms with van der Waals surface area (Å²) >= 11 is 3.12. The molecule has 0 unspecified atom stereocenters. The standard InChI is InChI=1S/C11H13BrN2O4/c1-2-5-18-11(15)4-3-9-10(14(16)17)6-8(12)7-13-9/h6-7H,2-5H2,1H3. The molecular weight excluding hydrogens is 304 g/mol. The molecule has 0 aliphatic carbocycles. The molecule has 0 saturated heterocycles. The van der Waals surface area contributed by atoms with Crippen LogP contribution in [0.2, 0.25) is 0 Å². The van der Waals surface area contributed by atoms with Crippen molar-refractivity contribution >= 4 is 27.6 Å². The van der Waals surface area contributed by atoms with Crippen molar-refractivity contribution in [2.24, 2.45) is 0 Å². The highest BCUT2D eigenvalue weighted by molar-refractivity contribution is 9.10. The molecule has 0 spiro atoms. The second-order valence-electron chi connectivity index (χ2n) is 3.60. The number of hydrogen-bond donors (Lipinski definition) is 0. The van der Waals surface area contributed by atoms with Gasteiger partial charge in [-0.05, 0) is 22.4 Å². The van der Waals surface area contributed by atoms with E-state index in [1.165, 1.54) is 12.3 Å². The van der Waals surface area contributed by atoms with Crippen LogP contribution < -0.4 is 0 Å². The van der Waals surface area contributed by atoms with E-state index < -0.39 is 4.92 Å². The molecule has 0 aromatic carbocycles. The van der Waals surface area contributed by atoms with Gasteiger partial charge in [-0.2, -0.15) is 0 Å². The van der Waals surface area contributed by atoms with Gasteiger partial charge in [0.1, 0.15) is 5.69 Å². The number of pyridine rings is 1. The smallest absolute Gasteiger partial charge is 0.306 e. The van der Waals surface area contributed by atoms with Gasteiger partial charge in [-0.15, -0.1) is 0 Å². The summed E-state index contributed by atoms with van der Waals surface area (Å²) in [6.07, 6.45) is 2.52. The van der Waals surface area contributed by atoms with Gasteiger partial charge >= 0.3 is 5.97 Å². The summed E-state index contributed by atoms with van der Waals surface area (Å²) in [5.74, 6) is -0.365. The molecule has 18 heavy (non-hydrogen) atoms. The molecule has 1 aromatic rings. The zero-order valence-corrected chi connectivity index (χ0v) is 11.5. The van der Waals surface area contributed by atoms with Crippen LogP contribution in [-0.4, -0.2) is 22.5 Å². The van der Waals surface area contributed by atoms with Crippen molar-refractivity contribution < 1.29 is 14.5 Å². The molecule has 0 aliphatic heterocycles. The van der Waals surface area contributed by atoms with Crippen molar-refractivity contribution in [2.75, 3.05) is 6.61 Å². The number of carbonyl (C=O) groups excluding carboxylic acids is 1. The minimum atomic E-state index is -0.509. The molecule has 7 heteroatoms. The topological polar surface area (TPSA) is 82.3 Å². The van der Waals surface area contributed by atoms with Gasteiger partial charge in [0.15, 0.2) is 0 Å². The first-order chi connectivity index (χ1) is 8.54. The second-order valence-corrected chi connectivity index (χ2v) is 4.51. The number of hydrogen-bond acceptors (Lipinski definition) is 5. The number of aromatic nitrogens is 1. The average molecular weight is 317 g/mol. The van der Waals surface area contributed by atoms with E-state index >= 15 is 0 Å². The van der Waals surface area contributed by atoms with Crippen LogP contribution in [0.3, 0.4) is 0 Å². The molecule has 0 atom stereocenters. The minimum absolute atomic E-state index is 0.0901. The number of halogens is 1. The maximum Gasteiger partial charge on any atom is 0.306 e. The lowest BCUT2D eigenvalue weighted by Gasteiger charge is -2.03. The third kappa shape index (κ3) is 4.40. The number of ether oxygens (including phenoxy) is 1. The van der Waals surface area contributed by atoms with Crippen LogP contribution >= 0.6 is 15.9 Å². The molecule has 1 heterocycles. The maximum atomic E-state index is 11.3. The predicted octanol–water partition coefficient (Wildman–Crippen LogP) is 2.64. The SMILES string of the molecule is CCCOC(=O)CCc1ncc(Br)cc1[N+](=O)[O-]. The fourth-order valence-electron chi connectivity index (χ4n) is 1.32. The highest BCUT2D eigenvalue weighted by Gasteiger charge is 2.17. The third-order valence-electron chi connectivity index (χ3n) is 2.14.